The highest BCUT2D eigenvalue weighted by Crippen LogP contribution is 2.53. The molecule has 0 atom stereocenters. The predicted octanol–water partition coefficient (Wildman–Crippen LogP) is 7.31. The Morgan fingerprint density at radius 1 is 0.857 bits per heavy atom. The summed E-state index contributed by atoms with van der Waals surface area (Å²) in [5, 5.41) is 13.4. The fraction of sp³-hybridized carbons (Fsp3) is 0.231. The zero-order valence-electron chi connectivity index (χ0n) is 21.5. The Morgan fingerprint density at radius 3 is 1.90 bits per heavy atom. The van der Waals surface area contributed by atoms with E-state index >= 15 is 4.39 Å². The van der Waals surface area contributed by atoms with Crippen LogP contribution in [0.5, 0.6) is 0 Å². The highest BCUT2D eigenvalue weighted by molar-refractivity contribution is 6.10. The number of nitro groups is 1. The van der Waals surface area contributed by atoms with Gasteiger partial charge in [0.2, 0.25) is 0 Å². The van der Waals surface area contributed by atoms with Crippen LogP contribution in [0.2, 0.25) is 0 Å². The Morgan fingerprint density at radius 2 is 1.40 bits per heavy atom. The summed E-state index contributed by atoms with van der Waals surface area (Å²) in [5.41, 5.74) is -11.5. The van der Waals surface area contributed by atoms with Crippen LogP contribution in [0.25, 0.3) is 0 Å². The van der Waals surface area contributed by atoms with Crippen LogP contribution in [0.3, 0.4) is 0 Å². The molecule has 0 saturated carbocycles. The molecule has 0 fully saturated rings. The maximum atomic E-state index is 15.4. The van der Waals surface area contributed by atoms with Gasteiger partial charge in [-0.05, 0) is 49.2 Å². The highest BCUT2D eigenvalue weighted by atomic mass is 19.4. The van der Waals surface area contributed by atoms with Crippen molar-refractivity contribution in [2.75, 3.05) is 17.3 Å². The van der Waals surface area contributed by atoms with Gasteiger partial charge in [0.15, 0.2) is 5.82 Å². The smallest absolute Gasteiger partial charge is 0.321 e. The molecule has 0 radical (unpaired) electrons. The van der Waals surface area contributed by atoms with Gasteiger partial charge >= 0.3 is 18.0 Å². The second-order valence-electron chi connectivity index (χ2n) is 9.01. The number of anilines is 2. The summed E-state index contributed by atoms with van der Waals surface area (Å²) in [5.74, 6) is -4.75. The molecule has 224 valence electrons. The third-order valence-corrected chi connectivity index (χ3v) is 6.23. The summed E-state index contributed by atoms with van der Waals surface area (Å²) in [6.07, 6.45) is -12.7. The number of carbonyl (C=O) groups is 2. The van der Waals surface area contributed by atoms with Crippen LogP contribution in [0, 0.1) is 35.6 Å². The lowest BCUT2D eigenvalue weighted by Gasteiger charge is -2.31. The summed E-state index contributed by atoms with van der Waals surface area (Å²) in [7, 11) is 1.01. The molecular weight excluding hydrogens is 589 g/mol. The van der Waals surface area contributed by atoms with E-state index in [2.05, 4.69) is 5.32 Å². The second kappa shape index (κ2) is 11.0. The van der Waals surface area contributed by atoms with E-state index in [1.165, 1.54) is 0 Å². The molecule has 0 spiro atoms. The molecule has 1 N–H and O–H groups in total. The minimum Gasteiger partial charge on any atom is -0.321 e. The number of carbonyl (C=O) groups excluding carboxylic acids is 2. The van der Waals surface area contributed by atoms with Crippen LogP contribution in [-0.2, 0) is 5.67 Å². The second-order valence-corrected chi connectivity index (χ2v) is 9.01. The Kier molecular flexibility index (Phi) is 8.34. The molecule has 0 aliphatic rings. The van der Waals surface area contributed by atoms with Gasteiger partial charge in [-0.15, -0.1) is 0 Å². The number of nitrogens with one attached hydrogen (secondary N) is 1. The van der Waals surface area contributed by atoms with E-state index in [1.54, 1.807) is 0 Å². The topological polar surface area (TPSA) is 92.6 Å². The number of halogens is 9. The lowest BCUT2D eigenvalue weighted by Crippen LogP contribution is -2.50. The number of alkyl halides is 7. The molecule has 42 heavy (non-hydrogen) atoms. The maximum Gasteiger partial charge on any atom is 0.435 e. The summed E-state index contributed by atoms with van der Waals surface area (Å²) in [6, 6.07) is 5.62. The number of aryl methyl sites for hydroxylation is 2. The van der Waals surface area contributed by atoms with E-state index in [1.807, 2.05) is 0 Å². The van der Waals surface area contributed by atoms with Crippen molar-refractivity contribution in [2.24, 2.45) is 0 Å². The lowest BCUT2D eigenvalue weighted by atomic mass is 9.90. The minimum atomic E-state index is -6.36. The monoisotopic (exact) mass is 607 g/mol. The zero-order chi connectivity index (χ0) is 31.9. The number of rotatable bonds is 6. The van der Waals surface area contributed by atoms with Crippen LogP contribution >= 0.6 is 0 Å². The Bertz CT molecular complexity index is 1550. The van der Waals surface area contributed by atoms with E-state index in [0.29, 0.717) is 11.0 Å². The summed E-state index contributed by atoms with van der Waals surface area (Å²) in [6.45, 7) is 1.99. The Hall–Kier alpha value is -4.63. The van der Waals surface area contributed by atoms with Gasteiger partial charge in [-0.3, -0.25) is 19.7 Å². The van der Waals surface area contributed by atoms with E-state index < -0.39 is 85.6 Å². The summed E-state index contributed by atoms with van der Waals surface area (Å²) in [4.78, 5) is 36.6. The van der Waals surface area contributed by atoms with Crippen LogP contribution in [0.1, 0.15) is 37.4 Å². The standard InChI is InChI=1S/C26H18F9N3O4/c1-12-9-14(24(29,25(30,31)32)26(33,34)35)10-13(2)21(12)36-22(39)17-5-4-6-18(20(17)28)37(3)23(40)16-8-7-15(27)11-19(16)38(41)42/h4-11H,1-3H3,(H,36,39). The summed E-state index contributed by atoms with van der Waals surface area (Å²) < 4.78 is 123. The number of hydrogen-bond donors (Lipinski definition) is 1. The van der Waals surface area contributed by atoms with Gasteiger partial charge in [0.25, 0.3) is 17.5 Å². The maximum absolute atomic E-state index is 15.4. The summed E-state index contributed by atoms with van der Waals surface area (Å²) >= 11 is 0. The van der Waals surface area contributed by atoms with Crippen molar-refractivity contribution in [3.05, 3.63) is 98.1 Å². The SMILES string of the molecule is Cc1cc(C(F)(C(F)(F)F)C(F)(F)F)cc(C)c1NC(=O)c1cccc(N(C)C(=O)c2ccc(F)cc2[N+](=O)[O-])c1F. The quantitative estimate of drug-likeness (QED) is 0.181. The van der Waals surface area contributed by atoms with Crippen molar-refractivity contribution >= 4 is 28.9 Å². The Labute approximate surface area is 230 Å². The molecule has 2 amide bonds. The lowest BCUT2D eigenvalue weighted by molar-refractivity contribution is -0.385. The van der Waals surface area contributed by atoms with Crippen molar-refractivity contribution in [1.82, 2.24) is 0 Å². The third-order valence-electron chi connectivity index (χ3n) is 6.23. The average Bonchev–Trinajstić information content (AvgIpc) is 2.87. The molecule has 3 rings (SSSR count). The van der Waals surface area contributed by atoms with Gasteiger partial charge in [0.05, 0.1) is 22.2 Å². The van der Waals surface area contributed by atoms with Gasteiger partial charge in [-0.25, -0.2) is 13.2 Å². The van der Waals surface area contributed by atoms with Gasteiger partial charge in [-0.1, -0.05) is 18.2 Å². The van der Waals surface area contributed by atoms with Crippen molar-refractivity contribution in [3.8, 4) is 0 Å². The van der Waals surface area contributed by atoms with E-state index in [4.69, 9.17) is 0 Å². The largest absolute Gasteiger partial charge is 0.435 e. The molecule has 0 unspecified atom stereocenters. The van der Waals surface area contributed by atoms with Crippen molar-refractivity contribution in [1.29, 1.82) is 0 Å². The average molecular weight is 607 g/mol. The molecule has 0 aliphatic carbocycles. The number of nitro benzene ring substituents is 1. The number of benzene rings is 3. The van der Waals surface area contributed by atoms with Crippen LogP contribution in [0.15, 0.2) is 48.5 Å². The van der Waals surface area contributed by atoms with E-state index in [-0.39, 0.29) is 17.8 Å². The zero-order valence-corrected chi connectivity index (χ0v) is 21.5. The first-order chi connectivity index (χ1) is 19.2. The highest BCUT2D eigenvalue weighted by Gasteiger charge is 2.73. The molecule has 3 aromatic rings. The third kappa shape index (κ3) is 5.60. The van der Waals surface area contributed by atoms with Crippen LogP contribution in [0.4, 0.5) is 56.6 Å². The molecule has 0 aromatic heterocycles. The number of amides is 2. The van der Waals surface area contributed by atoms with Crippen molar-refractivity contribution < 1.29 is 54.0 Å². The van der Waals surface area contributed by atoms with Crippen molar-refractivity contribution in [2.45, 2.75) is 31.9 Å². The molecule has 0 heterocycles. The van der Waals surface area contributed by atoms with Gasteiger partial charge in [0, 0.05) is 18.3 Å². The first-order valence-corrected chi connectivity index (χ1v) is 11.5. The minimum absolute atomic E-state index is 0.248. The fourth-order valence-corrected chi connectivity index (χ4v) is 4.11. The molecular formula is C26H18F9N3O4. The van der Waals surface area contributed by atoms with Gasteiger partial charge < -0.3 is 10.2 Å². The molecule has 0 bridgehead atoms. The van der Waals surface area contributed by atoms with Gasteiger partial charge in [0.1, 0.15) is 11.4 Å². The predicted molar refractivity (Wildman–Crippen MR) is 131 cm³/mol. The molecule has 16 heteroatoms. The first-order valence-electron chi connectivity index (χ1n) is 11.5. The van der Waals surface area contributed by atoms with E-state index in [9.17, 15) is 54.8 Å². The van der Waals surface area contributed by atoms with Crippen molar-refractivity contribution in [3.63, 3.8) is 0 Å². The first kappa shape index (κ1) is 31.9. The molecule has 0 aliphatic heterocycles. The molecule has 7 nitrogen and oxygen atoms in total. The Balaban J connectivity index is 1.98. The number of nitrogens with zero attached hydrogens (tertiary/aromatic N) is 2. The molecule has 0 saturated heterocycles. The van der Waals surface area contributed by atoms with Crippen LogP contribution < -0.4 is 10.2 Å². The van der Waals surface area contributed by atoms with E-state index in [0.717, 1.165) is 51.2 Å². The molecule has 3 aromatic carbocycles. The van der Waals surface area contributed by atoms with Gasteiger partial charge in [-0.2, -0.15) is 26.3 Å². The normalized spacial score (nSPS) is 12.2. The van der Waals surface area contributed by atoms with Crippen LogP contribution in [-0.4, -0.2) is 36.1 Å². The fourth-order valence-electron chi connectivity index (χ4n) is 4.11. The number of hydrogen-bond acceptors (Lipinski definition) is 4.